The number of unbranched alkanes of at least 4 members (excludes halogenated alkanes) is 9. The van der Waals surface area contributed by atoms with Crippen LogP contribution in [0, 0.1) is 0 Å². The van der Waals surface area contributed by atoms with Gasteiger partial charge in [-0.3, -0.25) is 14.4 Å². The molecule has 2 amide bonds. The molecule has 1 aromatic carbocycles. The average Bonchev–Trinajstić information content (AvgIpc) is 2.91. The zero-order valence-electron chi connectivity index (χ0n) is 22.8. The normalized spacial score (nSPS) is 15.4. The minimum Gasteiger partial charge on any atom is -0.491 e. The van der Waals surface area contributed by atoms with Gasteiger partial charge in [0.05, 0.1) is 19.6 Å². The summed E-state index contributed by atoms with van der Waals surface area (Å²) in [6.45, 7) is 6.76. The molecule has 2 rings (SSSR count). The number of piperazine rings is 1. The highest BCUT2D eigenvalue weighted by Crippen LogP contribution is 2.18. The molecule has 0 spiro atoms. The SMILES string of the molecule is CCCCCCCCCCCCOC(=O)CC1C(=O)NCCN1C(=O)c1ccc(OCCOCC)cc1. The van der Waals surface area contributed by atoms with Gasteiger partial charge >= 0.3 is 5.97 Å². The minimum atomic E-state index is -0.872. The fourth-order valence-electron chi connectivity index (χ4n) is 4.38. The van der Waals surface area contributed by atoms with Gasteiger partial charge in [-0.2, -0.15) is 0 Å². The van der Waals surface area contributed by atoms with E-state index in [-0.39, 0.29) is 18.2 Å². The Balaban J connectivity index is 1.72. The predicted octanol–water partition coefficient (Wildman–Crippen LogP) is 4.90. The van der Waals surface area contributed by atoms with E-state index in [4.69, 9.17) is 14.2 Å². The predicted molar refractivity (Wildman–Crippen MR) is 144 cm³/mol. The maximum atomic E-state index is 13.1. The standard InChI is InChI=1S/C29H46N2O6/c1-3-5-6-7-8-9-10-11-12-13-20-37-27(32)23-26-28(33)30-18-19-31(26)29(34)24-14-16-25(17-15-24)36-22-21-35-4-2/h14-17,26H,3-13,18-23H2,1-2H3,(H,30,33). The van der Waals surface area contributed by atoms with Crippen LogP contribution in [-0.4, -0.2) is 68.2 Å². The molecule has 1 N–H and O–H groups in total. The number of hydrogen-bond acceptors (Lipinski definition) is 6. The number of nitrogens with zero attached hydrogens (tertiary/aromatic N) is 1. The van der Waals surface area contributed by atoms with Crippen molar-refractivity contribution in [1.82, 2.24) is 10.2 Å². The molecule has 1 heterocycles. The lowest BCUT2D eigenvalue weighted by Gasteiger charge is -2.34. The number of amides is 2. The zero-order valence-corrected chi connectivity index (χ0v) is 22.8. The number of benzene rings is 1. The fourth-order valence-corrected chi connectivity index (χ4v) is 4.38. The van der Waals surface area contributed by atoms with E-state index in [9.17, 15) is 14.4 Å². The molecule has 208 valence electrons. The van der Waals surface area contributed by atoms with E-state index in [0.717, 1.165) is 19.3 Å². The molecule has 1 unspecified atom stereocenters. The lowest BCUT2D eigenvalue weighted by molar-refractivity contribution is -0.147. The van der Waals surface area contributed by atoms with Crippen molar-refractivity contribution in [2.45, 2.75) is 90.5 Å². The van der Waals surface area contributed by atoms with Crippen LogP contribution in [0.3, 0.4) is 0 Å². The first kappa shape index (κ1) is 30.6. The second-order valence-electron chi connectivity index (χ2n) is 9.48. The molecule has 8 nitrogen and oxygen atoms in total. The van der Waals surface area contributed by atoms with Crippen LogP contribution >= 0.6 is 0 Å². The van der Waals surface area contributed by atoms with Gasteiger partial charge in [0, 0.05) is 25.3 Å². The molecular weight excluding hydrogens is 472 g/mol. The molecule has 0 aliphatic carbocycles. The molecule has 1 aliphatic rings. The van der Waals surface area contributed by atoms with Crippen molar-refractivity contribution in [2.75, 3.05) is 39.5 Å². The summed E-state index contributed by atoms with van der Waals surface area (Å²) in [4.78, 5) is 39.6. The summed E-state index contributed by atoms with van der Waals surface area (Å²) in [5.74, 6) is -0.428. The summed E-state index contributed by atoms with van der Waals surface area (Å²) < 4.78 is 16.2. The van der Waals surface area contributed by atoms with Gasteiger partial charge in [0.15, 0.2) is 0 Å². The Kier molecular flexibility index (Phi) is 15.4. The summed E-state index contributed by atoms with van der Waals surface area (Å²) >= 11 is 0. The van der Waals surface area contributed by atoms with Crippen molar-refractivity contribution < 1.29 is 28.6 Å². The summed E-state index contributed by atoms with van der Waals surface area (Å²) in [6, 6.07) is 5.91. The third kappa shape index (κ3) is 12.0. The molecule has 0 saturated carbocycles. The second kappa shape index (κ2) is 18.6. The van der Waals surface area contributed by atoms with E-state index >= 15 is 0 Å². The molecule has 1 fully saturated rings. The van der Waals surface area contributed by atoms with Crippen LogP contribution < -0.4 is 10.1 Å². The molecule has 1 saturated heterocycles. The highest BCUT2D eigenvalue weighted by Gasteiger charge is 2.35. The van der Waals surface area contributed by atoms with Gasteiger partial charge in [-0.15, -0.1) is 0 Å². The van der Waals surface area contributed by atoms with Gasteiger partial charge in [-0.25, -0.2) is 0 Å². The van der Waals surface area contributed by atoms with Crippen molar-refractivity contribution in [1.29, 1.82) is 0 Å². The van der Waals surface area contributed by atoms with Gasteiger partial charge in [0.2, 0.25) is 5.91 Å². The van der Waals surface area contributed by atoms with Gasteiger partial charge in [-0.1, -0.05) is 64.7 Å². The van der Waals surface area contributed by atoms with Crippen LogP contribution in [0.1, 0.15) is 94.8 Å². The Labute approximate surface area is 222 Å². The van der Waals surface area contributed by atoms with E-state index in [0.29, 0.717) is 50.8 Å². The van der Waals surface area contributed by atoms with E-state index in [1.165, 1.54) is 49.8 Å². The van der Waals surface area contributed by atoms with Crippen molar-refractivity contribution in [2.24, 2.45) is 0 Å². The molecule has 0 radical (unpaired) electrons. The van der Waals surface area contributed by atoms with E-state index in [2.05, 4.69) is 12.2 Å². The Morgan fingerprint density at radius 1 is 0.892 bits per heavy atom. The van der Waals surface area contributed by atoms with Gasteiger partial charge in [-0.05, 0) is 37.6 Å². The summed E-state index contributed by atoms with van der Waals surface area (Å²) in [5.41, 5.74) is 0.440. The Hall–Kier alpha value is -2.61. The molecule has 1 aromatic rings. The summed E-state index contributed by atoms with van der Waals surface area (Å²) in [5, 5.41) is 2.76. The molecule has 8 heteroatoms. The van der Waals surface area contributed by atoms with Crippen LogP contribution in [0.25, 0.3) is 0 Å². The molecule has 1 atom stereocenters. The third-order valence-electron chi connectivity index (χ3n) is 6.51. The maximum Gasteiger partial charge on any atom is 0.308 e. The average molecular weight is 519 g/mol. The van der Waals surface area contributed by atoms with E-state index in [1.807, 2.05) is 6.92 Å². The number of hydrogen-bond donors (Lipinski definition) is 1. The lowest BCUT2D eigenvalue weighted by atomic mass is 10.1. The van der Waals surface area contributed by atoms with Crippen LogP contribution in [0.4, 0.5) is 0 Å². The smallest absolute Gasteiger partial charge is 0.308 e. The largest absolute Gasteiger partial charge is 0.491 e. The molecule has 37 heavy (non-hydrogen) atoms. The third-order valence-corrected chi connectivity index (χ3v) is 6.51. The number of nitrogens with one attached hydrogen (secondary N) is 1. The van der Waals surface area contributed by atoms with Crippen molar-refractivity contribution >= 4 is 17.8 Å². The zero-order chi connectivity index (χ0) is 26.7. The number of ether oxygens (including phenoxy) is 3. The van der Waals surface area contributed by atoms with Crippen LogP contribution in [0.15, 0.2) is 24.3 Å². The van der Waals surface area contributed by atoms with Gasteiger partial charge in [0.25, 0.3) is 5.91 Å². The van der Waals surface area contributed by atoms with Crippen molar-refractivity contribution in [3.05, 3.63) is 29.8 Å². The van der Waals surface area contributed by atoms with Crippen molar-refractivity contribution in [3.8, 4) is 5.75 Å². The number of esters is 1. The molecule has 0 aromatic heterocycles. The van der Waals surface area contributed by atoms with Gasteiger partial charge < -0.3 is 24.4 Å². The minimum absolute atomic E-state index is 0.145. The van der Waals surface area contributed by atoms with Crippen LogP contribution in [-0.2, 0) is 19.1 Å². The first-order chi connectivity index (χ1) is 18.1. The Bertz CT molecular complexity index is 798. The highest BCUT2D eigenvalue weighted by atomic mass is 16.5. The van der Waals surface area contributed by atoms with Crippen LogP contribution in [0.2, 0.25) is 0 Å². The monoisotopic (exact) mass is 518 g/mol. The maximum absolute atomic E-state index is 13.1. The Morgan fingerprint density at radius 2 is 1.54 bits per heavy atom. The summed E-state index contributed by atoms with van der Waals surface area (Å²) in [7, 11) is 0. The molecular formula is C29H46N2O6. The van der Waals surface area contributed by atoms with E-state index in [1.54, 1.807) is 24.3 Å². The van der Waals surface area contributed by atoms with Crippen LogP contribution in [0.5, 0.6) is 5.75 Å². The van der Waals surface area contributed by atoms with Gasteiger partial charge in [0.1, 0.15) is 18.4 Å². The van der Waals surface area contributed by atoms with Crippen molar-refractivity contribution in [3.63, 3.8) is 0 Å². The van der Waals surface area contributed by atoms with E-state index < -0.39 is 12.0 Å². The Morgan fingerprint density at radius 3 is 2.19 bits per heavy atom. The summed E-state index contributed by atoms with van der Waals surface area (Å²) in [6.07, 6.45) is 11.9. The topological polar surface area (TPSA) is 94.2 Å². The molecule has 0 bridgehead atoms. The quantitative estimate of drug-likeness (QED) is 0.207. The number of carbonyl (C=O) groups excluding carboxylic acids is 3. The molecule has 1 aliphatic heterocycles. The first-order valence-corrected chi connectivity index (χ1v) is 14.1. The second-order valence-corrected chi connectivity index (χ2v) is 9.48. The lowest BCUT2D eigenvalue weighted by Crippen LogP contribution is -2.57. The number of rotatable bonds is 19. The number of carbonyl (C=O) groups is 3. The fraction of sp³-hybridized carbons (Fsp3) is 0.690. The first-order valence-electron chi connectivity index (χ1n) is 14.1. The highest BCUT2D eigenvalue weighted by molar-refractivity contribution is 5.99.